The van der Waals surface area contributed by atoms with E-state index < -0.39 is 5.92 Å². The fraction of sp³-hybridized carbons (Fsp3) is 0.286. The number of amides is 2. The molecule has 1 heterocycles. The van der Waals surface area contributed by atoms with Gasteiger partial charge in [0, 0.05) is 48.7 Å². The molecule has 0 aromatic heterocycles. The van der Waals surface area contributed by atoms with Gasteiger partial charge in [-0.1, -0.05) is 41.9 Å². The van der Waals surface area contributed by atoms with Crippen molar-refractivity contribution in [3.8, 4) is 11.5 Å². The number of halogens is 1. The summed E-state index contributed by atoms with van der Waals surface area (Å²) in [6, 6.07) is 22.2. The van der Waals surface area contributed by atoms with Gasteiger partial charge < -0.3 is 19.3 Å². The van der Waals surface area contributed by atoms with Crippen molar-refractivity contribution < 1.29 is 19.1 Å². The van der Waals surface area contributed by atoms with Crippen LogP contribution in [0.3, 0.4) is 0 Å². The van der Waals surface area contributed by atoms with Crippen molar-refractivity contribution in [3.05, 3.63) is 94.5 Å². The molecular formula is C28H29ClN2O4. The average Bonchev–Trinajstić information content (AvgIpc) is 3.33. The standard InChI is InChI=1S/C28H29ClN2O4/c1-30(16-19-7-5-4-6-8-19)28(33)25-18-31(27(32)20-9-11-21(29)12-10-20)17-24(25)23-15-22(34-2)13-14-26(23)35-3/h4-15,24-25H,16-18H2,1-3H3/t24-,25+/m0/s1. The highest BCUT2D eigenvalue weighted by molar-refractivity contribution is 6.30. The van der Waals surface area contributed by atoms with Crippen LogP contribution in [0, 0.1) is 5.92 Å². The molecule has 7 heteroatoms. The van der Waals surface area contributed by atoms with Gasteiger partial charge in [0.25, 0.3) is 5.91 Å². The van der Waals surface area contributed by atoms with Gasteiger partial charge in [-0.25, -0.2) is 0 Å². The Morgan fingerprint density at radius 2 is 1.69 bits per heavy atom. The normalized spacial score (nSPS) is 17.2. The van der Waals surface area contributed by atoms with Crippen LogP contribution in [0.5, 0.6) is 11.5 Å². The van der Waals surface area contributed by atoms with Gasteiger partial charge in [-0.2, -0.15) is 0 Å². The minimum Gasteiger partial charge on any atom is -0.497 e. The smallest absolute Gasteiger partial charge is 0.253 e. The van der Waals surface area contributed by atoms with E-state index >= 15 is 0 Å². The van der Waals surface area contributed by atoms with Crippen molar-refractivity contribution in [2.45, 2.75) is 12.5 Å². The third-order valence-corrected chi connectivity index (χ3v) is 6.74. The van der Waals surface area contributed by atoms with Crippen LogP contribution in [0.2, 0.25) is 5.02 Å². The van der Waals surface area contributed by atoms with Gasteiger partial charge in [-0.05, 0) is 48.0 Å². The van der Waals surface area contributed by atoms with Crippen molar-refractivity contribution in [3.63, 3.8) is 0 Å². The SMILES string of the molecule is COc1ccc(OC)c([C@@H]2CN(C(=O)c3ccc(Cl)cc3)C[C@H]2C(=O)N(C)Cc2ccccc2)c1. The molecule has 0 saturated carbocycles. The Hall–Kier alpha value is -3.51. The second-order valence-electron chi connectivity index (χ2n) is 8.72. The largest absolute Gasteiger partial charge is 0.497 e. The van der Waals surface area contributed by atoms with E-state index in [9.17, 15) is 9.59 Å². The fourth-order valence-corrected chi connectivity index (χ4v) is 4.78. The summed E-state index contributed by atoms with van der Waals surface area (Å²) >= 11 is 6.01. The number of hydrogen-bond acceptors (Lipinski definition) is 4. The number of nitrogens with zero attached hydrogens (tertiary/aromatic N) is 2. The van der Waals surface area contributed by atoms with Crippen molar-refractivity contribution in [1.82, 2.24) is 9.80 Å². The predicted molar refractivity (Wildman–Crippen MR) is 136 cm³/mol. The first-order valence-corrected chi connectivity index (χ1v) is 11.8. The van der Waals surface area contributed by atoms with Gasteiger partial charge in [-0.3, -0.25) is 9.59 Å². The zero-order chi connectivity index (χ0) is 24.9. The summed E-state index contributed by atoms with van der Waals surface area (Å²) in [6.45, 7) is 1.19. The zero-order valence-electron chi connectivity index (χ0n) is 20.1. The lowest BCUT2D eigenvalue weighted by molar-refractivity contribution is -0.134. The molecule has 2 amide bonds. The first kappa shape index (κ1) is 24.6. The van der Waals surface area contributed by atoms with Crippen molar-refractivity contribution in [2.24, 2.45) is 5.92 Å². The summed E-state index contributed by atoms with van der Waals surface area (Å²) in [5.74, 6) is 0.514. The molecule has 0 unspecified atom stereocenters. The topological polar surface area (TPSA) is 59.1 Å². The molecule has 3 aromatic carbocycles. The van der Waals surface area contributed by atoms with E-state index in [2.05, 4.69) is 0 Å². The van der Waals surface area contributed by atoms with Gasteiger partial charge in [-0.15, -0.1) is 0 Å². The number of hydrogen-bond donors (Lipinski definition) is 0. The Labute approximate surface area is 211 Å². The van der Waals surface area contributed by atoms with E-state index in [4.69, 9.17) is 21.1 Å². The summed E-state index contributed by atoms with van der Waals surface area (Å²) in [5, 5.41) is 0.567. The molecule has 1 aliphatic rings. The number of ether oxygens (including phenoxy) is 2. The molecular weight excluding hydrogens is 464 g/mol. The Bertz CT molecular complexity index is 1180. The molecule has 0 N–H and O–H groups in total. The van der Waals surface area contributed by atoms with E-state index in [-0.39, 0.29) is 17.7 Å². The lowest BCUT2D eigenvalue weighted by Gasteiger charge is -2.25. The maximum absolute atomic E-state index is 13.7. The van der Waals surface area contributed by atoms with Gasteiger partial charge in [0.1, 0.15) is 11.5 Å². The van der Waals surface area contributed by atoms with Gasteiger partial charge in [0.15, 0.2) is 0 Å². The lowest BCUT2D eigenvalue weighted by Crippen LogP contribution is -2.36. The van der Waals surface area contributed by atoms with Crippen LogP contribution < -0.4 is 9.47 Å². The highest BCUT2D eigenvalue weighted by Crippen LogP contribution is 2.40. The van der Waals surface area contributed by atoms with Crippen molar-refractivity contribution in [2.75, 3.05) is 34.4 Å². The summed E-state index contributed by atoms with van der Waals surface area (Å²) < 4.78 is 11.1. The lowest BCUT2D eigenvalue weighted by atomic mass is 9.87. The minimum absolute atomic E-state index is 0.0184. The van der Waals surface area contributed by atoms with E-state index in [1.165, 1.54) is 0 Å². The first-order valence-electron chi connectivity index (χ1n) is 11.5. The molecule has 0 aliphatic carbocycles. The molecule has 1 aliphatic heterocycles. The first-order chi connectivity index (χ1) is 16.9. The quantitative estimate of drug-likeness (QED) is 0.472. The predicted octanol–water partition coefficient (Wildman–Crippen LogP) is 4.87. The maximum Gasteiger partial charge on any atom is 0.253 e. The number of benzene rings is 3. The Morgan fingerprint density at radius 1 is 0.971 bits per heavy atom. The van der Waals surface area contributed by atoms with Crippen molar-refractivity contribution >= 4 is 23.4 Å². The summed E-state index contributed by atoms with van der Waals surface area (Å²) in [6.07, 6.45) is 0. The highest BCUT2D eigenvalue weighted by atomic mass is 35.5. The van der Waals surface area contributed by atoms with Crippen LogP contribution in [0.25, 0.3) is 0 Å². The second kappa shape index (κ2) is 10.8. The zero-order valence-corrected chi connectivity index (χ0v) is 20.9. The molecule has 182 valence electrons. The molecule has 35 heavy (non-hydrogen) atoms. The van der Waals surface area contributed by atoms with Gasteiger partial charge in [0.05, 0.1) is 20.1 Å². The summed E-state index contributed by atoms with van der Waals surface area (Å²) in [4.78, 5) is 30.6. The van der Waals surface area contributed by atoms with E-state index in [0.29, 0.717) is 41.7 Å². The van der Waals surface area contributed by atoms with E-state index in [1.54, 1.807) is 55.3 Å². The summed E-state index contributed by atoms with van der Waals surface area (Å²) in [5.41, 5.74) is 2.44. The van der Waals surface area contributed by atoms with Crippen LogP contribution in [-0.4, -0.2) is 56.0 Å². The van der Waals surface area contributed by atoms with E-state index in [0.717, 1.165) is 11.1 Å². The molecule has 6 nitrogen and oxygen atoms in total. The minimum atomic E-state index is -0.430. The monoisotopic (exact) mass is 492 g/mol. The van der Waals surface area contributed by atoms with Crippen LogP contribution >= 0.6 is 11.6 Å². The van der Waals surface area contributed by atoms with Gasteiger partial charge in [0.2, 0.25) is 5.91 Å². The molecule has 0 spiro atoms. The number of carbonyl (C=O) groups excluding carboxylic acids is 2. The Balaban J connectivity index is 1.66. The Morgan fingerprint density at radius 3 is 2.34 bits per heavy atom. The number of likely N-dealkylation sites (tertiary alicyclic amines) is 1. The number of rotatable bonds is 7. The summed E-state index contributed by atoms with van der Waals surface area (Å²) in [7, 11) is 5.01. The number of methoxy groups -OCH3 is 2. The molecule has 3 aromatic rings. The van der Waals surface area contributed by atoms with E-state index in [1.807, 2.05) is 48.5 Å². The number of carbonyl (C=O) groups is 2. The highest BCUT2D eigenvalue weighted by Gasteiger charge is 2.43. The van der Waals surface area contributed by atoms with Crippen molar-refractivity contribution in [1.29, 1.82) is 0 Å². The third kappa shape index (κ3) is 5.43. The molecule has 1 fully saturated rings. The maximum atomic E-state index is 13.7. The van der Waals surface area contributed by atoms with Crippen LogP contribution in [0.15, 0.2) is 72.8 Å². The molecule has 2 atom stereocenters. The van der Waals surface area contributed by atoms with Crippen LogP contribution in [-0.2, 0) is 11.3 Å². The van der Waals surface area contributed by atoms with Crippen LogP contribution in [0.4, 0.5) is 0 Å². The average molecular weight is 493 g/mol. The third-order valence-electron chi connectivity index (χ3n) is 6.49. The fourth-order valence-electron chi connectivity index (χ4n) is 4.66. The molecule has 4 rings (SSSR count). The Kier molecular flexibility index (Phi) is 7.61. The molecule has 0 radical (unpaired) electrons. The molecule has 1 saturated heterocycles. The van der Waals surface area contributed by atoms with Crippen LogP contribution in [0.1, 0.15) is 27.4 Å². The molecule has 0 bridgehead atoms. The second-order valence-corrected chi connectivity index (χ2v) is 9.15. The van der Waals surface area contributed by atoms with Gasteiger partial charge >= 0.3 is 0 Å².